The molecule has 2 atom stereocenters. The van der Waals surface area contributed by atoms with E-state index >= 15 is 0 Å². The Morgan fingerprint density at radius 3 is 3.05 bits per heavy atom. The lowest BCUT2D eigenvalue weighted by Gasteiger charge is -2.25. The Labute approximate surface area is 120 Å². The van der Waals surface area contributed by atoms with Gasteiger partial charge >= 0.3 is 0 Å². The Balaban J connectivity index is 1.72. The summed E-state index contributed by atoms with van der Waals surface area (Å²) in [5.41, 5.74) is 2.79. The van der Waals surface area contributed by atoms with Crippen molar-refractivity contribution in [2.24, 2.45) is 5.92 Å². The largest absolute Gasteiger partial charge is 0.376 e. The van der Waals surface area contributed by atoms with Gasteiger partial charge in [0.2, 0.25) is 0 Å². The highest BCUT2D eigenvalue weighted by Crippen LogP contribution is 2.44. The highest BCUT2D eigenvalue weighted by atomic mass is 16.5. The molecule has 20 heavy (non-hydrogen) atoms. The third-order valence-corrected chi connectivity index (χ3v) is 4.99. The topological polar surface area (TPSA) is 39.1 Å². The number of nitrogens with one attached hydrogen (secondary N) is 1. The molecule has 110 valence electrons. The number of fused-ring (bicyclic) bond motifs is 1. The van der Waals surface area contributed by atoms with Crippen molar-refractivity contribution < 1.29 is 4.74 Å². The molecule has 0 radical (unpaired) electrons. The van der Waals surface area contributed by atoms with Crippen molar-refractivity contribution in [3.8, 4) is 0 Å². The highest BCUT2D eigenvalue weighted by Gasteiger charge is 2.43. The first-order valence-corrected chi connectivity index (χ1v) is 8.29. The van der Waals surface area contributed by atoms with Gasteiger partial charge in [0.25, 0.3) is 0 Å². The lowest BCUT2D eigenvalue weighted by molar-refractivity contribution is 0.0739. The summed E-state index contributed by atoms with van der Waals surface area (Å²) < 4.78 is 8.67. The van der Waals surface area contributed by atoms with E-state index in [4.69, 9.17) is 9.72 Å². The zero-order chi connectivity index (χ0) is 13.5. The fraction of sp³-hybridized carbons (Fsp3) is 0.812. The number of ether oxygens (including phenoxy) is 1. The average molecular weight is 275 g/mol. The van der Waals surface area contributed by atoms with Crippen molar-refractivity contribution in [2.45, 2.75) is 64.1 Å². The van der Waals surface area contributed by atoms with Crippen molar-refractivity contribution in [1.82, 2.24) is 14.9 Å². The van der Waals surface area contributed by atoms with Gasteiger partial charge < -0.3 is 14.6 Å². The first kappa shape index (κ1) is 12.8. The smallest absolute Gasteiger partial charge is 0.109 e. The number of nitrogens with zero attached hydrogens (tertiary/aromatic N) is 2. The van der Waals surface area contributed by atoms with Gasteiger partial charge in [-0.3, -0.25) is 0 Å². The molecule has 1 saturated carbocycles. The Morgan fingerprint density at radius 1 is 1.35 bits per heavy atom. The van der Waals surface area contributed by atoms with Gasteiger partial charge in [-0.25, -0.2) is 4.98 Å². The van der Waals surface area contributed by atoms with Crippen molar-refractivity contribution in [3.63, 3.8) is 0 Å². The van der Waals surface area contributed by atoms with Crippen LogP contribution in [0.15, 0.2) is 0 Å². The predicted octanol–water partition coefficient (Wildman–Crippen LogP) is 2.22. The van der Waals surface area contributed by atoms with Crippen LogP contribution < -0.4 is 5.32 Å². The molecule has 4 rings (SSSR count). The van der Waals surface area contributed by atoms with Crippen molar-refractivity contribution in [1.29, 1.82) is 0 Å². The molecule has 1 aliphatic carbocycles. The van der Waals surface area contributed by atoms with Gasteiger partial charge in [-0.2, -0.15) is 0 Å². The summed E-state index contributed by atoms with van der Waals surface area (Å²) in [6, 6.07) is 0.554. The molecule has 0 amide bonds. The quantitative estimate of drug-likeness (QED) is 0.916. The van der Waals surface area contributed by atoms with E-state index in [2.05, 4.69) is 16.8 Å². The standard InChI is InChI=1S/C16H25N3O/c1-2-3-15-18-12-10-17-8-6-13(12)19(15)14-7-9-20-16(14)11-4-5-11/h11,14,16-17H,2-10H2,1H3. The first-order valence-electron chi connectivity index (χ1n) is 8.29. The second-order valence-electron chi connectivity index (χ2n) is 6.50. The average Bonchev–Trinajstić information content (AvgIpc) is 3.08. The molecule has 2 aliphatic heterocycles. The monoisotopic (exact) mass is 275 g/mol. The van der Waals surface area contributed by atoms with Crippen LogP contribution >= 0.6 is 0 Å². The summed E-state index contributed by atoms with van der Waals surface area (Å²) >= 11 is 0. The highest BCUT2D eigenvalue weighted by molar-refractivity contribution is 5.22. The van der Waals surface area contributed by atoms with Gasteiger partial charge in [0.1, 0.15) is 5.82 Å². The number of hydrogen-bond donors (Lipinski definition) is 1. The van der Waals surface area contributed by atoms with Crippen molar-refractivity contribution in [3.05, 3.63) is 17.2 Å². The van der Waals surface area contributed by atoms with Gasteiger partial charge in [0, 0.05) is 38.2 Å². The maximum atomic E-state index is 6.07. The molecule has 1 saturated heterocycles. The van der Waals surface area contributed by atoms with Crippen molar-refractivity contribution in [2.75, 3.05) is 13.2 Å². The number of hydrogen-bond acceptors (Lipinski definition) is 3. The molecular weight excluding hydrogens is 250 g/mol. The van der Waals surface area contributed by atoms with E-state index in [9.17, 15) is 0 Å². The van der Waals surface area contributed by atoms with Gasteiger partial charge in [-0.1, -0.05) is 6.92 Å². The summed E-state index contributed by atoms with van der Waals surface area (Å²) in [5.74, 6) is 2.12. The number of aryl methyl sites for hydroxylation is 1. The fourth-order valence-corrected chi connectivity index (χ4v) is 3.93. The van der Waals surface area contributed by atoms with E-state index in [0.29, 0.717) is 12.1 Å². The molecule has 0 spiro atoms. The summed E-state index contributed by atoms with van der Waals surface area (Å²) in [4.78, 5) is 4.94. The van der Waals surface area contributed by atoms with E-state index in [1.54, 1.807) is 0 Å². The van der Waals surface area contributed by atoms with Crippen LogP contribution in [0.4, 0.5) is 0 Å². The Bertz CT molecular complexity index is 492. The van der Waals surface area contributed by atoms with E-state index in [-0.39, 0.29) is 0 Å². The molecule has 4 heteroatoms. The lowest BCUT2D eigenvalue weighted by Crippen LogP contribution is -2.29. The molecule has 1 aromatic heterocycles. The number of aromatic nitrogens is 2. The maximum absolute atomic E-state index is 6.07. The van der Waals surface area contributed by atoms with Crippen LogP contribution in [0.2, 0.25) is 0 Å². The van der Waals surface area contributed by atoms with Crippen LogP contribution in [-0.2, 0) is 24.1 Å². The van der Waals surface area contributed by atoms with E-state index in [1.807, 2.05) is 0 Å². The Morgan fingerprint density at radius 2 is 2.25 bits per heavy atom. The predicted molar refractivity (Wildman–Crippen MR) is 77.8 cm³/mol. The first-order chi connectivity index (χ1) is 9.88. The molecule has 4 nitrogen and oxygen atoms in total. The molecule has 3 heterocycles. The van der Waals surface area contributed by atoms with Crippen LogP contribution in [0.1, 0.15) is 55.9 Å². The van der Waals surface area contributed by atoms with Gasteiger partial charge in [-0.05, 0) is 31.6 Å². The van der Waals surface area contributed by atoms with Gasteiger partial charge in [-0.15, -0.1) is 0 Å². The third kappa shape index (κ3) is 2.09. The minimum absolute atomic E-state index is 0.457. The number of rotatable bonds is 4. The van der Waals surface area contributed by atoms with Crippen LogP contribution in [0.5, 0.6) is 0 Å². The molecule has 2 fully saturated rings. The summed E-state index contributed by atoms with van der Waals surface area (Å²) in [7, 11) is 0. The van der Waals surface area contributed by atoms with Crippen molar-refractivity contribution >= 4 is 0 Å². The van der Waals surface area contributed by atoms with E-state index in [0.717, 1.165) is 38.5 Å². The normalized spacial score (nSPS) is 29.6. The third-order valence-electron chi connectivity index (χ3n) is 4.99. The molecular formula is C16H25N3O. The molecule has 1 N–H and O–H groups in total. The SMILES string of the molecule is CCCc1nc2c(n1C1CCOC1C1CC1)CCNC2. The van der Waals surface area contributed by atoms with Crippen LogP contribution in [0.25, 0.3) is 0 Å². The second-order valence-corrected chi connectivity index (χ2v) is 6.50. The second kappa shape index (κ2) is 5.15. The summed E-state index contributed by atoms with van der Waals surface area (Å²) in [6.07, 6.45) is 7.75. The minimum atomic E-state index is 0.457. The van der Waals surface area contributed by atoms with Gasteiger partial charge in [0.15, 0.2) is 0 Å². The van der Waals surface area contributed by atoms with Gasteiger partial charge in [0.05, 0.1) is 17.8 Å². The Hall–Kier alpha value is -0.870. The lowest BCUT2D eigenvalue weighted by atomic mass is 10.0. The molecule has 1 aromatic rings. The zero-order valence-electron chi connectivity index (χ0n) is 12.4. The maximum Gasteiger partial charge on any atom is 0.109 e. The van der Waals surface area contributed by atoms with Crippen LogP contribution in [-0.4, -0.2) is 28.8 Å². The minimum Gasteiger partial charge on any atom is -0.376 e. The van der Waals surface area contributed by atoms with E-state index in [1.165, 1.54) is 42.9 Å². The molecule has 0 aromatic carbocycles. The molecule has 3 aliphatic rings. The zero-order valence-corrected chi connectivity index (χ0v) is 12.4. The fourth-order valence-electron chi connectivity index (χ4n) is 3.93. The summed E-state index contributed by atoms with van der Waals surface area (Å²) in [6.45, 7) is 5.22. The van der Waals surface area contributed by atoms with E-state index < -0.39 is 0 Å². The summed E-state index contributed by atoms with van der Waals surface area (Å²) in [5, 5.41) is 3.45. The molecule has 0 bridgehead atoms. The van der Waals surface area contributed by atoms with Crippen LogP contribution in [0.3, 0.4) is 0 Å². The molecule has 2 unspecified atom stereocenters. The van der Waals surface area contributed by atoms with Crippen LogP contribution in [0, 0.1) is 5.92 Å². The Kier molecular flexibility index (Phi) is 3.31. The number of imidazole rings is 1.